The number of nitrogens with zero attached hydrogens (tertiary/aromatic N) is 1. The van der Waals surface area contributed by atoms with Crippen molar-refractivity contribution in [1.82, 2.24) is 4.98 Å². The monoisotopic (exact) mass is 330 g/mol. The van der Waals surface area contributed by atoms with Crippen LogP contribution in [0.25, 0.3) is 11.3 Å². The Morgan fingerprint density at radius 3 is 3.09 bits per heavy atom. The minimum absolute atomic E-state index is 0.0647. The summed E-state index contributed by atoms with van der Waals surface area (Å²) in [6.45, 7) is 0. The third-order valence-electron chi connectivity index (χ3n) is 3.56. The maximum Gasteiger partial charge on any atom is 0.230 e. The van der Waals surface area contributed by atoms with Crippen molar-refractivity contribution in [3.63, 3.8) is 0 Å². The largest absolute Gasteiger partial charge is 0.302 e. The normalized spacial score (nSPS) is 12.0. The molecule has 0 bridgehead atoms. The number of amides is 1. The molecule has 1 aliphatic rings. The number of aromatic nitrogens is 1. The molecule has 110 valence electrons. The summed E-state index contributed by atoms with van der Waals surface area (Å²) in [6.07, 6.45) is 1.04. The molecule has 1 aliphatic carbocycles. The molecule has 22 heavy (non-hydrogen) atoms. The molecular weight excluding hydrogens is 319 g/mol. The minimum Gasteiger partial charge on any atom is -0.302 e. The fraction of sp³-hybridized carbons (Fsp3) is 0.125. The van der Waals surface area contributed by atoms with Gasteiger partial charge in [-0.05, 0) is 46.2 Å². The van der Waals surface area contributed by atoms with Crippen molar-refractivity contribution in [2.75, 3.05) is 5.32 Å². The van der Waals surface area contributed by atoms with Gasteiger partial charge in [0.1, 0.15) is 5.82 Å². The van der Waals surface area contributed by atoms with Crippen molar-refractivity contribution in [2.24, 2.45) is 0 Å². The summed E-state index contributed by atoms with van der Waals surface area (Å²) in [4.78, 5) is 17.6. The van der Waals surface area contributed by atoms with Gasteiger partial charge in [0.15, 0.2) is 5.13 Å². The number of thiazole rings is 1. The summed E-state index contributed by atoms with van der Waals surface area (Å²) >= 11 is 3.04. The standard InChI is InChI=1S/C16H11FN2OS2/c17-11-1-2-12-10(6-11)7-13-15(12)19-16(22-13)18-14(20)5-9-3-4-21-8-9/h1-4,6,8H,5,7H2,(H,18,19,20). The fourth-order valence-corrected chi connectivity index (χ4v) is 4.27. The molecule has 1 aromatic carbocycles. The molecule has 0 aliphatic heterocycles. The zero-order valence-corrected chi connectivity index (χ0v) is 13.1. The molecule has 3 aromatic rings. The molecule has 0 fully saturated rings. The summed E-state index contributed by atoms with van der Waals surface area (Å²) < 4.78 is 13.2. The highest BCUT2D eigenvalue weighted by molar-refractivity contribution is 7.16. The van der Waals surface area contributed by atoms with E-state index in [-0.39, 0.29) is 11.7 Å². The van der Waals surface area contributed by atoms with E-state index in [4.69, 9.17) is 0 Å². The van der Waals surface area contributed by atoms with Gasteiger partial charge >= 0.3 is 0 Å². The summed E-state index contributed by atoms with van der Waals surface area (Å²) in [5.74, 6) is -0.289. The average Bonchev–Trinajstić information content (AvgIpc) is 3.14. The van der Waals surface area contributed by atoms with Gasteiger partial charge in [-0.15, -0.1) is 11.3 Å². The van der Waals surface area contributed by atoms with Crippen LogP contribution in [-0.4, -0.2) is 10.9 Å². The van der Waals surface area contributed by atoms with Crippen molar-refractivity contribution < 1.29 is 9.18 Å². The van der Waals surface area contributed by atoms with Crippen LogP contribution in [0.15, 0.2) is 35.0 Å². The molecule has 0 spiro atoms. The van der Waals surface area contributed by atoms with Crippen LogP contribution in [0.2, 0.25) is 0 Å². The lowest BCUT2D eigenvalue weighted by Crippen LogP contribution is -2.13. The number of hydrogen-bond donors (Lipinski definition) is 1. The van der Waals surface area contributed by atoms with Gasteiger partial charge in [0, 0.05) is 16.9 Å². The number of hydrogen-bond acceptors (Lipinski definition) is 4. The molecular formula is C16H11FN2OS2. The Labute approximate surface area is 134 Å². The first-order valence-corrected chi connectivity index (χ1v) is 8.54. The molecule has 0 radical (unpaired) electrons. The van der Waals surface area contributed by atoms with Crippen LogP contribution in [0, 0.1) is 5.82 Å². The SMILES string of the molecule is O=C(Cc1ccsc1)Nc1nc2c(s1)Cc1cc(F)ccc1-2. The zero-order valence-electron chi connectivity index (χ0n) is 11.4. The van der Waals surface area contributed by atoms with E-state index in [1.165, 1.54) is 17.4 Å². The molecule has 0 saturated carbocycles. The fourth-order valence-electron chi connectivity index (χ4n) is 2.59. The lowest BCUT2D eigenvalue weighted by molar-refractivity contribution is -0.115. The van der Waals surface area contributed by atoms with E-state index in [0.717, 1.165) is 27.3 Å². The van der Waals surface area contributed by atoms with Crippen molar-refractivity contribution >= 4 is 33.7 Å². The number of thiophene rings is 1. The van der Waals surface area contributed by atoms with Gasteiger partial charge in [0.05, 0.1) is 12.1 Å². The summed E-state index contributed by atoms with van der Waals surface area (Å²) in [7, 11) is 0. The van der Waals surface area contributed by atoms with E-state index >= 15 is 0 Å². The van der Waals surface area contributed by atoms with E-state index in [1.54, 1.807) is 23.5 Å². The van der Waals surface area contributed by atoms with Gasteiger partial charge in [-0.2, -0.15) is 11.3 Å². The molecule has 0 unspecified atom stereocenters. The molecule has 0 saturated heterocycles. The van der Waals surface area contributed by atoms with Gasteiger partial charge in [-0.25, -0.2) is 9.37 Å². The van der Waals surface area contributed by atoms with E-state index in [2.05, 4.69) is 10.3 Å². The Morgan fingerprint density at radius 2 is 2.27 bits per heavy atom. The van der Waals surface area contributed by atoms with Gasteiger partial charge in [-0.1, -0.05) is 0 Å². The second-order valence-corrected chi connectivity index (χ2v) is 6.99. The van der Waals surface area contributed by atoms with Crippen LogP contribution in [0.1, 0.15) is 16.0 Å². The predicted molar refractivity (Wildman–Crippen MR) is 87.0 cm³/mol. The lowest BCUT2D eigenvalue weighted by atomic mass is 10.1. The van der Waals surface area contributed by atoms with Crippen LogP contribution < -0.4 is 5.32 Å². The summed E-state index contributed by atoms with van der Waals surface area (Å²) in [5, 5.41) is 7.38. The molecule has 3 nitrogen and oxygen atoms in total. The molecule has 4 rings (SSSR count). The number of halogens is 1. The second kappa shape index (κ2) is 5.30. The van der Waals surface area contributed by atoms with Crippen LogP contribution in [0.5, 0.6) is 0 Å². The molecule has 2 heterocycles. The number of carbonyl (C=O) groups excluding carboxylic acids is 1. The van der Waals surface area contributed by atoms with Crippen molar-refractivity contribution in [2.45, 2.75) is 12.8 Å². The first kappa shape index (κ1) is 13.6. The zero-order chi connectivity index (χ0) is 15.1. The quantitative estimate of drug-likeness (QED) is 0.614. The molecule has 1 N–H and O–H groups in total. The van der Waals surface area contributed by atoms with Gasteiger partial charge < -0.3 is 5.32 Å². The minimum atomic E-state index is -0.224. The molecule has 6 heteroatoms. The highest BCUT2D eigenvalue weighted by atomic mass is 32.1. The molecule has 2 aromatic heterocycles. The topological polar surface area (TPSA) is 42.0 Å². The van der Waals surface area contributed by atoms with Crippen LogP contribution in [-0.2, 0) is 17.6 Å². The average molecular weight is 330 g/mol. The van der Waals surface area contributed by atoms with Crippen molar-refractivity contribution in [1.29, 1.82) is 0 Å². The van der Waals surface area contributed by atoms with Gasteiger partial charge in [0.2, 0.25) is 5.91 Å². The van der Waals surface area contributed by atoms with Crippen molar-refractivity contribution in [3.8, 4) is 11.3 Å². The third kappa shape index (κ3) is 2.44. The molecule has 1 amide bonds. The maximum atomic E-state index is 13.2. The number of rotatable bonds is 3. The Kier molecular flexibility index (Phi) is 3.28. The van der Waals surface area contributed by atoms with Crippen LogP contribution in [0.3, 0.4) is 0 Å². The maximum absolute atomic E-state index is 13.2. The number of nitrogens with one attached hydrogen (secondary N) is 1. The Hall–Kier alpha value is -2.05. The highest BCUT2D eigenvalue weighted by Crippen LogP contribution is 2.41. The highest BCUT2D eigenvalue weighted by Gasteiger charge is 2.24. The van der Waals surface area contributed by atoms with E-state index in [0.29, 0.717) is 18.0 Å². The number of anilines is 1. The third-order valence-corrected chi connectivity index (χ3v) is 5.26. The first-order valence-electron chi connectivity index (χ1n) is 6.78. The Balaban J connectivity index is 1.53. The van der Waals surface area contributed by atoms with Crippen LogP contribution in [0.4, 0.5) is 9.52 Å². The van der Waals surface area contributed by atoms with Crippen LogP contribution >= 0.6 is 22.7 Å². The van der Waals surface area contributed by atoms with E-state index in [1.807, 2.05) is 16.8 Å². The van der Waals surface area contributed by atoms with Crippen molar-refractivity contribution in [3.05, 3.63) is 56.8 Å². The predicted octanol–water partition coefficient (Wildman–Crippen LogP) is 4.10. The van der Waals surface area contributed by atoms with E-state index < -0.39 is 0 Å². The Bertz CT molecular complexity index is 855. The molecule has 0 atom stereocenters. The second-order valence-electron chi connectivity index (χ2n) is 5.13. The van der Waals surface area contributed by atoms with Gasteiger partial charge in [0.25, 0.3) is 0 Å². The first-order chi connectivity index (χ1) is 10.7. The number of fused-ring (bicyclic) bond motifs is 3. The van der Waals surface area contributed by atoms with Gasteiger partial charge in [-0.3, -0.25) is 4.79 Å². The van der Waals surface area contributed by atoms with E-state index in [9.17, 15) is 9.18 Å². The smallest absolute Gasteiger partial charge is 0.230 e. The lowest BCUT2D eigenvalue weighted by Gasteiger charge is -2.01. The Morgan fingerprint density at radius 1 is 1.36 bits per heavy atom. The summed E-state index contributed by atoms with van der Waals surface area (Å²) in [6, 6.07) is 6.70. The number of benzene rings is 1. The number of carbonyl (C=O) groups is 1. The summed E-state index contributed by atoms with van der Waals surface area (Å²) in [5.41, 5.74) is 3.80.